The van der Waals surface area contributed by atoms with E-state index < -0.39 is 14.4 Å². The maximum atomic E-state index is 11.2. The number of carbonyl (C=O) groups is 1. The SMILES string of the molecule is Cc1c(OCC2CC2CO[Si](c2ccccc2)(c2ccccc2)C(C)(C)C)ccc2c(CCC3CCN(C(=O)O)CC3)noc12. The van der Waals surface area contributed by atoms with E-state index in [1.807, 2.05) is 6.92 Å². The zero-order valence-electron chi connectivity index (χ0n) is 27.0. The first-order valence-electron chi connectivity index (χ1n) is 16.4. The highest BCUT2D eigenvalue weighted by Crippen LogP contribution is 2.43. The van der Waals surface area contributed by atoms with Crippen molar-refractivity contribution in [1.29, 1.82) is 0 Å². The van der Waals surface area contributed by atoms with Crippen LogP contribution in [-0.2, 0) is 10.8 Å². The summed E-state index contributed by atoms with van der Waals surface area (Å²) < 4.78 is 19.4. The Kier molecular flexibility index (Phi) is 9.07. The number of likely N-dealkylation sites (tertiary alicyclic amines) is 1. The zero-order chi connectivity index (χ0) is 31.6. The number of carboxylic acid groups (broad SMARTS) is 1. The van der Waals surface area contributed by atoms with Crippen molar-refractivity contribution in [2.45, 2.75) is 64.8 Å². The third-order valence-electron chi connectivity index (χ3n) is 10.0. The van der Waals surface area contributed by atoms with E-state index in [0.29, 0.717) is 37.5 Å². The molecular weight excluding hydrogens is 581 g/mol. The summed E-state index contributed by atoms with van der Waals surface area (Å²) in [5.74, 6) is 2.32. The number of amides is 1. The van der Waals surface area contributed by atoms with Gasteiger partial charge >= 0.3 is 6.09 Å². The lowest BCUT2D eigenvalue weighted by Gasteiger charge is -2.43. The van der Waals surface area contributed by atoms with Crippen LogP contribution in [0, 0.1) is 24.7 Å². The molecule has 2 fully saturated rings. The summed E-state index contributed by atoms with van der Waals surface area (Å²) in [5.41, 5.74) is 2.76. The van der Waals surface area contributed by atoms with Crippen molar-refractivity contribution < 1.29 is 23.6 Å². The van der Waals surface area contributed by atoms with Crippen LogP contribution >= 0.6 is 0 Å². The second-order valence-corrected chi connectivity index (χ2v) is 18.3. The number of rotatable bonds is 11. The summed E-state index contributed by atoms with van der Waals surface area (Å²) in [6.45, 7) is 11.7. The highest BCUT2D eigenvalue weighted by Gasteiger charge is 2.51. The Balaban J connectivity index is 1.06. The molecule has 1 N–H and O–H groups in total. The summed E-state index contributed by atoms with van der Waals surface area (Å²) in [6, 6.07) is 25.8. The van der Waals surface area contributed by atoms with Crippen molar-refractivity contribution in [3.63, 3.8) is 0 Å². The molecule has 1 aliphatic carbocycles. The van der Waals surface area contributed by atoms with E-state index in [1.165, 1.54) is 15.3 Å². The van der Waals surface area contributed by atoms with E-state index in [4.69, 9.17) is 13.7 Å². The molecule has 0 bridgehead atoms. The van der Waals surface area contributed by atoms with Crippen molar-refractivity contribution >= 4 is 35.8 Å². The number of hydrogen-bond donors (Lipinski definition) is 1. The third kappa shape index (κ3) is 6.54. The van der Waals surface area contributed by atoms with E-state index in [2.05, 4.69) is 98.7 Å². The summed E-state index contributed by atoms with van der Waals surface area (Å²) in [4.78, 5) is 12.7. The van der Waals surface area contributed by atoms with Crippen LogP contribution in [0.15, 0.2) is 77.3 Å². The van der Waals surface area contributed by atoms with Crippen LogP contribution in [-0.4, -0.2) is 55.9 Å². The maximum absolute atomic E-state index is 11.2. The van der Waals surface area contributed by atoms with Crippen LogP contribution in [0.5, 0.6) is 5.75 Å². The Morgan fingerprint density at radius 2 is 1.58 bits per heavy atom. The first-order chi connectivity index (χ1) is 21.7. The normalized spacial score (nSPS) is 19.2. The highest BCUT2D eigenvalue weighted by molar-refractivity contribution is 6.99. The molecule has 1 saturated heterocycles. The van der Waals surface area contributed by atoms with Crippen LogP contribution in [0.4, 0.5) is 4.79 Å². The molecule has 4 aromatic rings. The Morgan fingerprint density at radius 3 is 2.18 bits per heavy atom. The first-order valence-corrected chi connectivity index (χ1v) is 18.3. The van der Waals surface area contributed by atoms with Crippen molar-refractivity contribution in [3.05, 3.63) is 84.1 Å². The molecule has 2 atom stereocenters. The number of fused-ring (bicyclic) bond motifs is 1. The lowest BCUT2D eigenvalue weighted by Crippen LogP contribution is -2.66. The Bertz CT molecular complexity index is 1550. The van der Waals surface area contributed by atoms with E-state index in [0.717, 1.165) is 66.7 Å². The van der Waals surface area contributed by atoms with E-state index in [-0.39, 0.29) is 5.04 Å². The second kappa shape index (κ2) is 13.0. The Labute approximate surface area is 267 Å². The fourth-order valence-corrected chi connectivity index (χ4v) is 11.8. The Morgan fingerprint density at radius 1 is 0.956 bits per heavy atom. The molecule has 8 heteroatoms. The molecule has 0 spiro atoms. The lowest BCUT2D eigenvalue weighted by molar-refractivity contribution is 0.123. The van der Waals surface area contributed by atoms with E-state index >= 15 is 0 Å². The number of aromatic nitrogens is 1. The molecule has 6 rings (SSSR count). The average Bonchev–Trinajstić information content (AvgIpc) is 3.66. The standard InChI is InChI=1S/C37H46N2O5Si/c1-26-34(18-16-32-33(38-44-35(26)32)17-15-27-19-21-39(22-20-27)36(40)41)42-24-28-23-29(28)25-43-45(37(2,3)4,30-11-7-5-8-12-30)31-13-9-6-10-14-31/h5-14,16,18,27-29H,15,17,19-25H2,1-4H3,(H,40,41). The molecule has 2 heterocycles. The first kappa shape index (κ1) is 31.4. The van der Waals surface area contributed by atoms with E-state index in [9.17, 15) is 9.90 Å². The maximum Gasteiger partial charge on any atom is 0.407 e. The fraction of sp³-hybridized carbons (Fsp3) is 0.459. The van der Waals surface area contributed by atoms with Gasteiger partial charge in [-0.15, -0.1) is 0 Å². The average molecular weight is 627 g/mol. The summed E-state index contributed by atoms with van der Waals surface area (Å²) in [6.07, 6.45) is 3.93. The predicted octanol–water partition coefficient (Wildman–Crippen LogP) is 7.05. The molecule has 2 aliphatic rings. The number of nitrogens with zero attached hydrogens (tertiary/aromatic N) is 2. The molecule has 238 valence electrons. The van der Waals surface area contributed by atoms with Crippen LogP contribution in [0.25, 0.3) is 11.0 Å². The van der Waals surface area contributed by atoms with Gasteiger partial charge in [-0.25, -0.2) is 4.79 Å². The van der Waals surface area contributed by atoms with Crippen molar-refractivity contribution in [1.82, 2.24) is 10.1 Å². The summed E-state index contributed by atoms with van der Waals surface area (Å²) in [5, 5.41) is 17.3. The van der Waals surface area contributed by atoms with Gasteiger partial charge in [0.25, 0.3) is 8.32 Å². The van der Waals surface area contributed by atoms with Crippen LogP contribution in [0.3, 0.4) is 0 Å². The summed E-state index contributed by atoms with van der Waals surface area (Å²) >= 11 is 0. The van der Waals surface area contributed by atoms with E-state index in [1.54, 1.807) is 0 Å². The van der Waals surface area contributed by atoms with Gasteiger partial charge in [0.1, 0.15) is 5.75 Å². The molecule has 1 amide bonds. The van der Waals surface area contributed by atoms with Gasteiger partial charge in [-0.3, -0.25) is 0 Å². The molecule has 45 heavy (non-hydrogen) atoms. The third-order valence-corrected chi connectivity index (χ3v) is 15.0. The molecule has 0 radical (unpaired) electrons. The number of piperidine rings is 1. The minimum atomic E-state index is -2.54. The van der Waals surface area contributed by atoms with Gasteiger partial charge < -0.3 is 23.7 Å². The number of benzene rings is 3. The lowest BCUT2D eigenvalue weighted by atomic mass is 9.91. The quantitative estimate of drug-likeness (QED) is 0.180. The fourth-order valence-electron chi connectivity index (χ4n) is 7.17. The van der Waals surface area contributed by atoms with Crippen molar-refractivity contribution in [2.75, 3.05) is 26.3 Å². The molecule has 2 unspecified atom stereocenters. The van der Waals surface area contributed by atoms with Crippen molar-refractivity contribution in [3.8, 4) is 5.75 Å². The number of ether oxygens (including phenoxy) is 1. The second-order valence-electron chi connectivity index (χ2n) is 14.0. The minimum absolute atomic E-state index is 0.0308. The Hall–Kier alpha value is -3.62. The molecule has 1 saturated carbocycles. The van der Waals surface area contributed by atoms with Gasteiger partial charge in [0.05, 0.1) is 12.3 Å². The van der Waals surface area contributed by atoms with Gasteiger partial charge in [-0.2, -0.15) is 0 Å². The van der Waals surface area contributed by atoms with Gasteiger partial charge in [0.2, 0.25) is 0 Å². The van der Waals surface area contributed by atoms with Gasteiger partial charge in [-0.05, 0) is 84.3 Å². The minimum Gasteiger partial charge on any atom is -0.493 e. The number of hydrogen-bond acceptors (Lipinski definition) is 5. The largest absolute Gasteiger partial charge is 0.493 e. The monoisotopic (exact) mass is 626 g/mol. The molecule has 3 aromatic carbocycles. The highest BCUT2D eigenvalue weighted by atomic mass is 28.4. The van der Waals surface area contributed by atoms with Gasteiger partial charge in [0, 0.05) is 30.6 Å². The van der Waals surface area contributed by atoms with Crippen LogP contribution in [0.1, 0.15) is 57.7 Å². The number of aryl methyl sites for hydroxylation is 2. The molecule has 1 aromatic heterocycles. The molecule has 7 nitrogen and oxygen atoms in total. The molecular formula is C37H46N2O5Si. The van der Waals surface area contributed by atoms with Crippen LogP contribution < -0.4 is 15.1 Å². The molecule has 1 aliphatic heterocycles. The topological polar surface area (TPSA) is 85.0 Å². The van der Waals surface area contributed by atoms with Gasteiger partial charge in [0.15, 0.2) is 5.58 Å². The van der Waals surface area contributed by atoms with Crippen LogP contribution in [0.2, 0.25) is 5.04 Å². The zero-order valence-corrected chi connectivity index (χ0v) is 28.0. The predicted molar refractivity (Wildman–Crippen MR) is 180 cm³/mol. The summed E-state index contributed by atoms with van der Waals surface area (Å²) in [7, 11) is -2.54. The van der Waals surface area contributed by atoms with Gasteiger partial charge in [-0.1, -0.05) is 86.6 Å². The smallest absolute Gasteiger partial charge is 0.407 e. The van der Waals surface area contributed by atoms with Crippen molar-refractivity contribution in [2.24, 2.45) is 17.8 Å².